The Hall–Kier alpha value is -1.43. The number of aliphatic hydroxyl groups excluding tert-OH is 1. The first kappa shape index (κ1) is 13.5. The second-order valence-electron chi connectivity index (χ2n) is 5.11. The number of rotatable bonds is 3. The third-order valence-electron chi connectivity index (χ3n) is 3.75. The molecule has 2 aromatic rings. The van der Waals surface area contributed by atoms with E-state index in [0.717, 1.165) is 25.1 Å². The van der Waals surface area contributed by atoms with Gasteiger partial charge in [0.1, 0.15) is 5.65 Å². The quantitative estimate of drug-likeness (QED) is 0.927. The van der Waals surface area contributed by atoms with E-state index in [2.05, 4.69) is 9.88 Å². The van der Waals surface area contributed by atoms with Gasteiger partial charge in [0.15, 0.2) is 0 Å². The highest BCUT2D eigenvalue weighted by atomic mass is 35.5. The zero-order valence-electron chi connectivity index (χ0n) is 11.0. The van der Waals surface area contributed by atoms with Crippen molar-refractivity contribution in [3.8, 4) is 0 Å². The Bertz CT molecular complexity index is 686. The van der Waals surface area contributed by atoms with Gasteiger partial charge < -0.3 is 5.11 Å². The summed E-state index contributed by atoms with van der Waals surface area (Å²) in [5.74, 6) is 0. The molecule has 2 aromatic heterocycles. The molecule has 0 radical (unpaired) electrons. The fourth-order valence-corrected chi connectivity index (χ4v) is 2.89. The van der Waals surface area contributed by atoms with Crippen LogP contribution in [0, 0.1) is 0 Å². The van der Waals surface area contributed by atoms with Gasteiger partial charge in [0.2, 0.25) is 0 Å². The van der Waals surface area contributed by atoms with Gasteiger partial charge in [-0.1, -0.05) is 11.6 Å². The minimum atomic E-state index is -0.132. The molecule has 1 N–H and O–H groups in total. The van der Waals surface area contributed by atoms with Crippen LogP contribution in [-0.4, -0.2) is 38.6 Å². The molecule has 1 fully saturated rings. The second kappa shape index (κ2) is 5.52. The normalized spacial score (nSPS) is 19.8. The fourth-order valence-electron chi connectivity index (χ4n) is 2.73. The lowest BCUT2D eigenvalue weighted by molar-refractivity contribution is 0.152. The van der Waals surface area contributed by atoms with Gasteiger partial charge in [-0.2, -0.15) is 0 Å². The van der Waals surface area contributed by atoms with Crippen molar-refractivity contribution >= 4 is 17.2 Å². The Kier molecular flexibility index (Phi) is 3.74. The molecule has 5 nitrogen and oxygen atoms in total. The highest BCUT2D eigenvalue weighted by molar-refractivity contribution is 6.30. The predicted octanol–water partition coefficient (Wildman–Crippen LogP) is 1.30. The van der Waals surface area contributed by atoms with Crippen LogP contribution in [0.2, 0.25) is 5.02 Å². The number of pyridine rings is 1. The molecular weight excluding hydrogens is 278 g/mol. The van der Waals surface area contributed by atoms with Crippen LogP contribution in [-0.2, 0) is 6.54 Å². The largest absolute Gasteiger partial charge is 0.395 e. The number of nitrogens with zero attached hydrogens (tertiary/aromatic N) is 3. The third kappa shape index (κ3) is 2.57. The van der Waals surface area contributed by atoms with Crippen LogP contribution in [0.15, 0.2) is 29.2 Å². The van der Waals surface area contributed by atoms with Gasteiger partial charge in [-0.25, -0.2) is 4.98 Å². The van der Waals surface area contributed by atoms with Crippen LogP contribution in [0.25, 0.3) is 5.65 Å². The molecule has 1 aliphatic rings. The molecule has 6 heteroatoms. The molecule has 1 aliphatic heterocycles. The number of hydrogen-bond acceptors (Lipinski definition) is 4. The van der Waals surface area contributed by atoms with E-state index in [1.807, 2.05) is 0 Å². The summed E-state index contributed by atoms with van der Waals surface area (Å²) in [6.07, 6.45) is 3.65. The lowest BCUT2D eigenvalue weighted by atomic mass is 10.2. The molecule has 0 amide bonds. The summed E-state index contributed by atoms with van der Waals surface area (Å²) in [5.41, 5.74) is 1.20. The summed E-state index contributed by atoms with van der Waals surface area (Å²) in [7, 11) is 0. The molecular formula is C14H16ClN3O2. The van der Waals surface area contributed by atoms with Gasteiger partial charge in [0, 0.05) is 24.8 Å². The number of aromatic nitrogens is 2. The summed E-state index contributed by atoms with van der Waals surface area (Å²) in [6, 6.07) is 5.18. The molecule has 0 aromatic carbocycles. The van der Waals surface area contributed by atoms with Gasteiger partial charge in [-0.05, 0) is 31.5 Å². The van der Waals surface area contributed by atoms with E-state index >= 15 is 0 Å². The first-order valence-electron chi connectivity index (χ1n) is 6.70. The average molecular weight is 294 g/mol. The highest BCUT2D eigenvalue weighted by Crippen LogP contribution is 2.19. The molecule has 0 bridgehead atoms. The molecule has 1 unspecified atom stereocenters. The number of likely N-dealkylation sites (tertiary alicyclic amines) is 1. The molecule has 0 saturated carbocycles. The van der Waals surface area contributed by atoms with Gasteiger partial charge >= 0.3 is 0 Å². The lowest BCUT2D eigenvalue weighted by Gasteiger charge is -2.22. The zero-order chi connectivity index (χ0) is 14.1. The Balaban J connectivity index is 1.93. The standard InChI is InChI=1S/C14H16ClN3O2/c15-10-3-4-13-16-11(6-14(20)18(13)7-10)8-17-5-1-2-12(17)9-19/h3-4,6-7,12,19H,1-2,5,8-9H2. The lowest BCUT2D eigenvalue weighted by Crippen LogP contribution is -2.32. The van der Waals surface area contributed by atoms with Crippen LogP contribution >= 0.6 is 11.6 Å². The number of fused-ring (bicyclic) bond motifs is 1. The maximum Gasteiger partial charge on any atom is 0.258 e. The monoisotopic (exact) mass is 293 g/mol. The van der Waals surface area contributed by atoms with Crippen molar-refractivity contribution in [3.63, 3.8) is 0 Å². The van der Waals surface area contributed by atoms with Gasteiger partial charge in [-0.3, -0.25) is 14.1 Å². The molecule has 0 spiro atoms. The van der Waals surface area contributed by atoms with Crippen molar-refractivity contribution in [2.45, 2.75) is 25.4 Å². The summed E-state index contributed by atoms with van der Waals surface area (Å²) in [6.45, 7) is 1.69. The van der Waals surface area contributed by atoms with Crippen LogP contribution < -0.4 is 5.56 Å². The Morgan fingerprint density at radius 2 is 2.30 bits per heavy atom. The Labute approximate surface area is 121 Å². The van der Waals surface area contributed by atoms with Crippen molar-refractivity contribution in [3.05, 3.63) is 45.5 Å². The number of aliphatic hydroxyl groups is 1. The summed E-state index contributed by atoms with van der Waals surface area (Å²) >= 11 is 5.88. The number of halogens is 1. The fraction of sp³-hybridized carbons (Fsp3) is 0.429. The minimum Gasteiger partial charge on any atom is -0.395 e. The summed E-state index contributed by atoms with van der Waals surface area (Å²) < 4.78 is 1.44. The molecule has 1 saturated heterocycles. The Morgan fingerprint density at radius 1 is 1.45 bits per heavy atom. The van der Waals surface area contributed by atoms with Crippen molar-refractivity contribution in [2.75, 3.05) is 13.2 Å². The van der Waals surface area contributed by atoms with Gasteiger partial charge in [0.05, 0.1) is 17.3 Å². The first-order valence-corrected chi connectivity index (χ1v) is 7.08. The van der Waals surface area contributed by atoms with Crippen LogP contribution in [0.5, 0.6) is 0 Å². The van der Waals surface area contributed by atoms with Gasteiger partial charge in [-0.15, -0.1) is 0 Å². The topological polar surface area (TPSA) is 57.8 Å². The maximum atomic E-state index is 12.1. The van der Waals surface area contributed by atoms with E-state index in [9.17, 15) is 9.90 Å². The van der Waals surface area contributed by atoms with E-state index in [4.69, 9.17) is 11.6 Å². The SMILES string of the molecule is O=c1cc(CN2CCCC2CO)nc2ccc(Cl)cn12. The molecule has 0 aliphatic carbocycles. The maximum absolute atomic E-state index is 12.1. The Morgan fingerprint density at radius 3 is 3.10 bits per heavy atom. The molecule has 3 heterocycles. The third-order valence-corrected chi connectivity index (χ3v) is 3.98. The smallest absolute Gasteiger partial charge is 0.258 e. The van der Waals surface area contributed by atoms with Crippen LogP contribution in [0.4, 0.5) is 0 Å². The molecule has 106 valence electrons. The average Bonchev–Trinajstić information content (AvgIpc) is 2.87. The van der Waals surface area contributed by atoms with Crippen LogP contribution in [0.3, 0.4) is 0 Å². The highest BCUT2D eigenvalue weighted by Gasteiger charge is 2.24. The second-order valence-corrected chi connectivity index (χ2v) is 5.55. The molecule has 1 atom stereocenters. The van der Waals surface area contributed by atoms with Gasteiger partial charge in [0.25, 0.3) is 5.56 Å². The molecule has 20 heavy (non-hydrogen) atoms. The number of hydrogen-bond donors (Lipinski definition) is 1. The minimum absolute atomic E-state index is 0.132. The summed E-state index contributed by atoms with van der Waals surface area (Å²) in [4.78, 5) is 18.7. The predicted molar refractivity (Wildman–Crippen MR) is 77.0 cm³/mol. The van der Waals surface area contributed by atoms with E-state index in [1.165, 1.54) is 10.5 Å². The van der Waals surface area contributed by atoms with Crippen molar-refractivity contribution in [1.29, 1.82) is 0 Å². The van der Waals surface area contributed by atoms with E-state index < -0.39 is 0 Å². The van der Waals surface area contributed by atoms with Crippen molar-refractivity contribution in [1.82, 2.24) is 14.3 Å². The zero-order valence-corrected chi connectivity index (χ0v) is 11.8. The van der Waals surface area contributed by atoms with E-state index in [1.54, 1.807) is 18.3 Å². The van der Waals surface area contributed by atoms with Crippen LogP contribution in [0.1, 0.15) is 18.5 Å². The van der Waals surface area contributed by atoms with E-state index in [-0.39, 0.29) is 18.2 Å². The van der Waals surface area contributed by atoms with Crippen molar-refractivity contribution < 1.29 is 5.11 Å². The van der Waals surface area contributed by atoms with Crippen molar-refractivity contribution in [2.24, 2.45) is 0 Å². The molecule has 3 rings (SSSR count). The first-order chi connectivity index (χ1) is 9.67. The van der Waals surface area contributed by atoms with E-state index in [0.29, 0.717) is 17.2 Å². The summed E-state index contributed by atoms with van der Waals surface area (Å²) in [5, 5.41) is 9.84.